The van der Waals surface area contributed by atoms with Crippen LogP contribution in [0, 0.1) is 5.92 Å². The van der Waals surface area contributed by atoms with Crippen LogP contribution >= 0.6 is 0 Å². The zero-order valence-electron chi connectivity index (χ0n) is 10.1. The van der Waals surface area contributed by atoms with E-state index >= 15 is 0 Å². The predicted octanol–water partition coefficient (Wildman–Crippen LogP) is -0.327. The summed E-state index contributed by atoms with van der Waals surface area (Å²) >= 11 is 0. The number of carboxylic acids is 1. The van der Waals surface area contributed by atoms with Gasteiger partial charge in [0.25, 0.3) is 0 Å². The van der Waals surface area contributed by atoms with Crippen molar-refractivity contribution in [2.45, 2.75) is 25.8 Å². The van der Waals surface area contributed by atoms with E-state index in [-0.39, 0.29) is 18.4 Å². The van der Waals surface area contributed by atoms with E-state index in [9.17, 15) is 9.59 Å². The number of amides is 1. The van der Waals surface area contributed by atoms with E-state index in [0.717, 1.165) is 6.42 Å². The number of carbonyl (C=O) groups is 2. The molecular weight excluding hydrogens is 224 g/mol. The summed E-state index contributed by atoms with van der Waals surface area (Å²) in [5.41, 5.74) is 5.39. The van der Waals surface area contributed by atoms with Crippen LogP contribution in [0.25, 0.3) is 0 Å². The topological polar surface area (TPSA) is 92.9 Å². The molecule has 0 aliphatic carbocycles. The van der Waals surface area contributed by atoms with Crippen LogP contribution in [0.2, 0.25) is 0 Å². The number of nitrogens with two attached hydrogens (primary N) is 1. The third kappa shape index (κ3) is 3.67. The lowest BCUT2D eigenvalue weighted by atomic mass is 10.0. The van der Waals surface area contributed by atoms with Crippen LogP contribution in [-0.4, -0.2) is 54.2 Å². The second-order valence-corrected chi connectivity index (χ2v) is 4.29. The summed E-state index contributed by atoms with van der Waals surface area (Å²) in [6.07, 6.45) is 1.47. The quantitative estimate of drug-likeness (QED) is 0.691. The first-order chi connectivity index (χ1) is 8.07. The van der Waals surface area contributed by atoms with Crippen LogP contribution in [0.4, 0.5) is 0 Å². The monoisotopic (exact) mass is 244 g/mol. The van der Waals surface area contributed by atoms with E-state index in [0.29, 0.717) is 26.1 Å². The molecule has 0 bridgehead atoms. The summed E-state index contributed by atoms with van der Waals surface area (Å²) in [5, 5.41) is 9.02. The highest BCUT2D eigenvalue weighted by molar-refractivity contribution is 5.85. The Kier molecular flexibility index (Phi) is 5.37. The number of carboxylic acid groups (broad SMARTS) is 1. The second kappa shape index (κ2) is 6.56. The molecule has 1 rings (SSSR count). The molecule has 0 saturated carbocycles. The van der Waals surface area contributed by atoms with Gasteiger partial charge < -0.3 is 20.5 Å². The number of carbonyl (C=O) groups excluding carboxylic acids is 1. The minimum absolute atomic E-state index is 0.0741. The van der Waals surface area contributed by atoms with Gasteiger partial charge in [-0.3, -0.25) is 4.79 Å². The SMILES string of the molecule is CC(CCCN)C(=O)N1CCOCC1C(=O)O. The van der Waals surface area contributed by atoms with Gasteiger partial charge in [0, 0.05) is 12.5 Å². The molecule has 1 amide bonds. The van der Waals surface area contributed by atoms with Gasteiger partial charge in [-0.25, -0.2) is 4.79 Å². The van der Waals surface area contributed by atoms with Crippen molar-refractivity contribution in [3.63, 3.8) is 0 Å². The molecule has 3 N–H and O–H groups in total. The zero-order valence-corrected chi connectivity index (χ0v) is 10.1. The predicted molar refractivity (Wildman–Crippen MR) is 61.4 cm³/mol. The van der Waals surface area contributed by atoms with Crippen molar-refractivity contribution in [3.05, 3.63) is 0 Å². The van der Waals surface area contributed by atoms with Crippen LogP contribution in [0.3, 0.4) is 0 Å². The van der Waals surface area contributed by atoms with Crippen LogP contribution in [0.15, 0.2) is 0 Å². The average Bonchev–Trinajstić information content (AvgIpc) is 2.34. The Labute approximate surface area is 101 Å². The number of rotatable bonds is 5. The summed E-state index contributed by atoms with van der Waals surface area (Å²) in [7, 11) is 0. The molecular formula is C11H20N2O4. The highest BCUT2D eigenvalue weighted by atomic mass is 16.5. The maximum absolute atomic E-state index is 12.1. The van der Waals surface area contributed by atoms with Gasteiger partial charge >= 0.3 is 5.97 Å². The Morgan fingerprint density at radius 1 is 1.59 bits per heavy atom. The molecule has 1 aliphatic rings. The van der Waals surface area contributed by atoms with E-state index in [1.807, 2.05) is 6.92 Å². The molecule has 0 aromatic carbocycles. The van der Waals surface area contributed by atoms with E-state index in [4.69, 9.17) is 15.6 Å². The molecule has 1 saturated heterocycles. The number of hydrogen-bond acceptors (Lipinski definition) is 4. The lowest BCUT2D eigenvalue weighted by molar-refractivity contribution is -0.160. The molecule has 6 nitrogen and oxygen atoms in total. The van der Waals surface area contributed by atoms with E-state index < -0.39 is 12.0 Å². The first-order valence-corrected chi connectivity index (χ1v) is 5.89. The van der Waals surface area contributed by atoms with Gasteiger partial charge in [-0.2, -0.15) is 0 Å². The van der Waals surface area contributed by atoms with Crippen LogP contribution in [-0.2, 0) is 14.3 Å². The number of nitrogens with zero attached hydrogens (tertiary/aromatic N) is 1. The van der Waals surface area contributed by atoms with Crippen molar-refractivity contribution in [2.75, 3.05) is 26.3 Å². The van der Waals surface area contributed by atoms with Crippen molar-refractivity contribution >= 4 is 11.9 Å². The minimum Gasteiger partial charge on any atom is -0.480 e. The number of hydrogen-bond donors (Lipinski definition) is 2. The number of morpholine rings is 1. The minimum atomic E-state index is -1.01. The van der Waals surface area contributed by atoms with Gasteiger partial charge in [-0.1, -0.05) is 6.92 Å². The molecule has 2 atom stereocenters. The Hall–Kier alpha value is -1.14. The van der Waals surface area contributed by atoms with Crippen molar-refractivity contribution in [1.29, 1.82) is 0 Å². The lowest BCUT2D eigenvalue weighted by Crippen LogP contribution is -2.54. The Morgan fingerprint density at radius 3 is 2.88 bits per heavy atom. The van der Waals surface area contributed by atoms with Crippen LogP contribution in [0.5, 0.6) is 0 Å². The average molecular weight is 244 g/mol. The highest BCUT2D eigenvalue weighted by Gasteiger charge is 2.34. The maximum Gasteiger partial charge on any atom is 0.328 e. The van der Waals surface area contributed by atoms with Gasteiger partial charge in [-0.05, 0) is 19.4 Å². The van der Waals surface area contributed by atoms with Crippen molar-refractivity contribution in [1.82, 2.24) is 4.90 Å². The fraction of sp³-hybridized carbons (Fsp3) is 0.818. The van der Waals surface area contributed by atoms with Gasteiger partial charge in [0.15, 0.2) is 6.04 Å². The number of ether oxygens (including phenoxy) is 1. The summed E-state index contributed by atoms with van der Waals surface area (Å²) in [4.78, 5) is 24.5. The first-order valence-electron chi connectivity index (χ1n) is 5.89. The molecule has 0 radical (unpaired) electrons. The second-order valence-electron chi connectivity index (χ2n) is 4.29. The molecule has 0 aromatic rings. The van der Waals surface area contributed by atoms with E-state index in [2.05, 4.69) is 0 Å². The van der Waals surface area contributed by atoms with Crippen molar-refractivity contribution in [3.8, 4) is 0 Å². The Balaban J connectivity index is 2.61. The summed E-state index contributed by atoms with van der Waals surface area (Å²) < 4.78 is 5.09. The fourth-order valence-corrected chi connectivity index (χ4v) is 1.90. The Morgan fingerprint density at radius 2 is 2.29 bits per heavy atom. The van der Waals surface area contributed by atoms with Gasteiger partial charge in [0.05, 0.1) is 13.2 Å². The molecule has 0 aromatic heterocycles. The van der Waals surface area contributed by atoms with Gasteiger partial charge in [0.1, 0.15) is 0 Å². The third-order valence-electron chi connectivity index (χ3n) is 2.96. The maximum atomic E-state index is 12.1. The smallest absolute Gasteiger partial charge is 0.328 e. The third-order valence-corrected chi connectivity index (χ3v) is 2.96. The normalized spacial score (nSPS) is 22.2. The van der Waals surface area contributed by atoms with Crippen molar-refractivity contribution < 1.29 is 19.4 Å². The molecule has 2 unspecified atom stereocenters. The standard InChI is InChI=1S/C11H20N2O4/c1-8(3-2-4-12)10(14)13-5-6-17-7-9(13)11(15)16/h8-9H,2-7,12H2,1H3,(H,15,16). The number of aliphatic carboxylic acids is 1. The van der Waals surface area contributed by atoms with Crippen LogP contribution in [0.1, 0.15) is 19.8 Å². The van der Waals surface area contributed by atoms with E-state index in [1.54, 1.807) is 0 Å². The molecule has 98 valence electrons. The van der Waals surface area contributed by atoms with Gasteiger partial charge in [-0.15, -0.1) is 0 Å². The lowest BCUT2D eigenvalue weighted by Gasteiger charge is -2.34. The molecule has 0 spiro atoms. The Bertz CT molecular complexity index is 283. The summed E-state index contributed by atoms with van der Waals surface area (Å²) in [6.45, 7) is 3.18. The van der Waals surface area contributed by atoms with Gasteiger partial charge in [0.2, 0.25) is 5.91 Å². The molecule has 1 aliphatic heterocycles. The van der Waals surface area contributed by atoms with Crippen LogP contribution < -0.4 is 5.73 Å². The fourth-order valence-electron chi connectivity index (χ4n) is 1.90. The zero-order chi connectivity index (χ0) is 12.8. The highest BCUT2D eigenvalue weighted by Crippen LogP contribution is 2.15. The summed E-state index contributed by atoms with van der Waals surface area (Å²) in [6, 6.07) is -0.850. The van der Waals surface area contributed by atoms with Crippen molar-refractivity contribution in [2.24, 2.45) is 11.7 Å². The molecule has 17 heavy (non-hydrogen) atoms. The first kappa shape index (κ1) is 13.9. The largest absolute Gasteiger partial charge is 0.480 e. The molecule has 1 heterocycles. The molecule has 1 fully saturated rings. The summed E-state index contributed by atoms with van der Waals surface area (Å²) in [5.74, 6) is -1.31. The van der Waals surface area contributed by atoms with E-state index in [1.165, 1.54) is 4.90 Å². The molecule has 6 heteroatoms.